The summed E-state index contributed by atoms with van der Waals surface area (Å²) in [6.07, 6.45) is -2.91. The van der Waals surface area contributed by atoms with E-state index in [-0.39, 0.29) is 36.4 Å². The lowest BCUT2D eigenvalue weighted by atomic mass is 10.1. The molecule has 0 bridgehead atoms. The third-order valence-corrected chi connectivity index (χ3v) is 4.60. The largest absolute Gasteiger partial charge is 0.459 e. The average molecular weight is 536 g/mol. The number of hydrogen-bond donors (Lipinski definition) is 1. The van der Waals surface area contributed by atoms with Crippen molar-refractivity contribution >= 4 is 35.8 Å². The molecule has 0 spiro atoms. The van der Waals surface area contributed by atoms with Crippen molar-refractivity contribution in [1.82, 2.24) is 15.1 Å². The van der Waals surface area contributed by atoms with Crippen LogP contribution in [-0.4, -0.2) is 54.4 Å². The van der Waals surface area contributed by atoms with E-state index in [0.29, 0.717) is 50.0 Å². The predicted molar refractivity (Wildman–Crippen MR) is 118 cm³/mol. The predicted octanol–water partition coefficient (Wildman–Crippen LogP) is 3.84. The monoisotopic (exact) mass is 536 g/mol. The highest BCUT2D eigenvalue weighted by Crippen LogP contribution is 2.29. The molecule has 1 saturated heterocycles. The van der Waals surface area contributed by atoms with Crippen molar-refractivity contribution in [3.63, 3.8) is 0 Å². The van der Waals surface area contributed by atoms with Crippen LogP contribution in [0.2, 0.25) is 0 Å². The Morgan fingerprint density at radius 1 is 1.13 bits per heavy atom. The minimum atomic E-state index is -4.37. The van der Waals surface area contributed by atoms with Gasteiger partial charge in [-0.3, -0.25) is 4.79 Å². The molecule has 1 aromatic carbocycles. The second-order valence-electron chi connectivity index (χ2n) is 6.62. The zero-order valence-corrected chi connectivity index (χ0v) is 18.8. The normalized spacial score (nSPS) is 15.0. The molecule has 30 heavy (non-hydrogen) atoms. The van der Waals surface area contributed by atoms with Crippen LogP contribution in [-0.2, 0) is 12.7 Å². The van der Waals surface area contributed by atoms with Crippen LogP contribution >= 0.6 is 24.0 Å². The number of alkyl halides is 3. The van der Waals surface area contributed by atoms with Gasteiger partial charge in [0.05, 0.1) is 18.4 Å². The Hall–Kier alpha value is -2.24. The zero-order valence-electron chi connectivity index (χ0n) is 16.5. The number of rotatable bonds is 4. The van der Waals surface area contributed by atoms with E-state index in [1.54, 1.807) is 23.1 Å². The lowest BCUT2D eigenvalue weighted by molar-refractivity contribution is -0.137. The van der Waals surface area contributed by atoms with E-state index in [9.17, 15) is 18.0 Å². The number of piperazine rings is 1. The number of hydrogen-bond acceptors (Lipinski definition) is 3. The average Bonchev–Trinajstić information content (AvgIpc) is 3.25. The summed E-state index contributed by atoms with van der Waals surface area (Å²) in [7, 11) is 0. The Labute approximate surface area is 190 Å². The second-order valence-corrected chi connectivity index (χ2v) is 6.62. The molecule has 1 aromatic heterocycles. The molecule has 1 fully saturated rings. The standard InChI is InChI=1S/C20H23F3N4O2.HI/c1-2-24-19(25-14-15-5-3-6-16(13-15)20(21,22)23)27-10-8-26(9-11-27)18(28)17-7-4-12-29-17;/h3-7,12-13H,2,8-11,14H2,1H3,(H,24,25);1H. The molecule has 1 aliphatic rings. The molecular formula is C20H24F3IN4O2. The number of guanidine groups is 1. The van der Waals surface area contributed by atoms with Crippen molar-refractivity contribution in [2.75, 3.05) is 32.7 Å². The first kappa shape index (κ1) is 24.0. The number of amides is 1. The lowest BCUT2D eigenvalue weighted by Gasteiger charge is -2.36. The molecular weight excluding hydrogens is 512 g/mol. The highest BCUT2D eigenvalue weighted by atomic mass is 127. The number of nitrogens with one attached hydrogen (secondary N) is 1. The molecule has 1 amide bonds. The van der Waals surface area contributed by atoms with Gasteiger partial charge in [-0.1, -0.05) is 12.1 Å². The maximum atomic E-state index is 12.9. The van der Waals surface area contributed by atoms with Gasteiger partial charge in [-0.05, 0) is 36.8 Å². The van der Waals surface area contributed by atoms with Gasteiger partial charge in [0.1, 0.15) is 0 Å². The van der Waals surface area contributed by atoms with Gasteiger partial charge in [0.15, 0.2) is 11.7 Å². The molecule has 0 radical (unpaired) electrons. The van der Waals surface area contributed by atoms with E-state index in [1.807, 2.05) is 11.8 Å². The Bertz CT molecular complexity index is 848. The summed E-state index contributed by atoms with van der Waals surface area (Å²) in [5.74, 6) is 0.777. The fourth-order valence-electron chi connectivity index (χ4n) is 3.12. The van der Waals surface area contributed by atoms with Crippen LogP contribution in [0.5, 0.6) is 0 Å². The van der Waals surface area contributed by atoms with Gasteiger partial charge in [0.2, 0.25) is 0 Å². The molecule has 2 heterocycles. The molecule has 2 aromatic rings. The maximum absolute atomic E-state index is 12.9. The van der Waals surface area contributed by atoms with Crippen molar-refractivity contribution in [2.45, 2.75) is 19.6 Å². The number of nitrogens with zero attached hydrogens (tertiary/aromatic N) is 3. The first-order valence-electron chi connectivity index (χ1n) is 9.40. The van der Waals surface area contributed by atoms with Gasteiger partial charge >= 0.3 is 6.18 Å². The van der Waals surface area contributed by atoms with Gasteiger partial charge in [0, 0.05) is 32.7 Å². The van der Waals surface area contributed by atoms with Gasteiger partial charge in [-0.25, -0.2) is 4.99 Å². The van der Waals surface area contributed by atoms with E-state index >= 15 is 0 Å². The smallest absolute Gasteiger partial charge is 0.416 e. The lowest BCUT2D eigenvalue weighted by Crippen LogP contribution is -2.53. The minimum Gasteiger partial charge on any atom is -0.459 e. The van der Waals surface area contributed by atoms with E-state index in [4.69, 9.17) is 4.42 Å². The summed E-state index contributed by atoms with van der Waals surface area (Å²) in [6, 6.07) is 8.49. The first-order valence-corrected chi connectivity index (χ1v) is 9.40. The summed E-state index contributed by atoms with van der Waals surface area (Å²) >= 11 is 0. The molecule has 0 aliphatic carbocycles. The molecule has 3 rings (SSSR count). The van der Waals surface area contributed by atoms with Gasteiger partial charge < -0.3 is 19.5 Å². The van der Waals surface area contributed by atoms with E-state index in [2.05, 4.69) is 10.3 Å². The summed E-state index contributed by atoms with van der Waals surface area (Å²) in [5, 5.41) is 3.17. The minimum absolute atomic E-state index is 0. The number of carbonyl (C=O) groups is 1. The number of furan rings is 1. The van der Waals surface area contributed by atoms with Crippen LogP contribution in [0.1, 0.15) is 28.6 Å². The van der Waals surface area contributed by atoms with Gasteiger partial charge in [0.25, 0.3) is 5.91 Å². The summed E-state index contributed by atoms with van der Waals surface area (Å²) in [6.45, 7) is 4.85. The number of benzene rings is 1. The van der Waals surface area contributed by atoms with Crippen LogP contribution in [0.25, 0.3) is 0 Å². The van der Waals surface area contributed by atoms with E-state index in [0.717, 1.165) is 12.1 Å². The Kier molecular flexibility index (Phi) is 8.56. The van der Waals surface area contributed by atoms with Crippen LogP contribution in [0.4, 0.5) is 13.2 Å². The Balaban J connectivity index is 0.00000320. The first-order chi connectivity index (χ1) is 13.9. The van der Waals surface area contributed by atoms with Crippen LogP contribution in [0.3, 0.4) is 0 Å². The molecule has 164 valence electrons. The SMILES string of the molecule is CCNC(=NCc1cccc(C(F)(F)F)c1)N1CCN(C(=O)c2ccco2)CC1.I. The third kappa shape index (κ3) is 6.13. The molecule has 0 saturated carbocycles. The summed E-state index contributed by atoms with van der Waals surface area (Å²) < 4.78 is 43.8. The molecule has 6 nitrogen and oxygen atoms in total. The van der Waals surface area contributed by atoms with Crippen LogP contribution in [0, 0.1) is 0 Å². The second kappa shape index (κ2) is 10.7. The van der Waals surface area contributed by atoms with Crippen LogP contribution < -0.4 is 5.32 Å². The van der Waals surface area contributed by atoms with E-state index in [1.165, 1.54) is 12.3 Å². The summed E-state index contributed by atoms with van der Waals surface area (Å²) in [4.78, 5) is 20.6. The molecule has 1 aliphatic heterocycles. The third-order valence-electron chi connectivity index (χ3n) is 4.60. The highest BCUT2D eigenvalue weighted by molar-refractivity contribution is 14.0. The van der Waals surface area contributed by atoms with Crippen molar-refractivity contribution < 1.29 is 22.4 Å². The quantitative estimate of drug-likeness (QED) is 0.367. The fourth-order valence-corrected chi connectivity index (χ4v) is 3.12. The maximum Gasteiger partial charge on any atom is 0.416 e. The molecule has 1 N–H and O–H groups in total. The Morgan fingerprint density at radius 2 is 1.83 bits per heavy atom. The van der Waals surface area contributed by atoms with Gasteiger partial charge in [-0.2, -0.15) is 13.2 Å². The highest BCUT2D eigenvalue weighted by Gasteiger charge is 2.30. The van der Waals surface area contributed by atoms with Crippen molar-refractivity contribution in [2.24, 2.45) is 4.99 Å². The fraction of sp³-hybridized carbons (Fsp3) is 0.400. The van der Waals surface area contributed by atoms with E-state index < -0.39 is 11.7 Å². The summed E-state index contributed by atoms with van der Waals surface area (Å²) in [5.41, 5.74) is -0.192. The molecule has 0 unspecified atom stereocenters. The topological polar surface area (TPSA) is 61.1 Å². The van der Waals surface area contributed by atoms with Crippen molar-refractivity contribution in [3.05, 3.63) is 59.5 Å². The van der Waals surface area contributed by atoms with Crippen molar-refractivity contribution in [1.29, 1.82) is 0 Å². The Morgan fingerprint density at radius 3 is 2.43 bits per heavy atom. The number of aliphatic imine (C=N–C) groups is 1. The van der Waals surface area contributed by atoms with Crippen molar-refractivity contribution in [3.8, 4) is 0 Å². The molecule has 0 atom stereocenters. The van der Waals surface area contributed by atoms with Gasteiger partial charge in [-0.15, -0.1) is 24.0 Å². The number of halogens is 4. The van der Waals surface area contributed by atoms with Crippen LogP contribution in [0.15, 0.2) is 52.1 Å². The number of carbonyl (C=O) groups excluding carboxylic acids is 1. The zero-order chi connectivity index (χ0) is 20.9. The molecule has 10 heteroatoms.